The van der Waals surface area contributed by atoms with Crippen molar-refractivity contribution in [2.45, 2.75) is 43.5 Å². The fourth-order valence-electron chi connectivity index (χ4n) is 4.81. The van der Waals surface area contributed by atoms with Crippen LogP contribution in [0.3, 0.4) is 0 Å². The third-order valence-corrected chi connectivity index (χ3v) is 6.63. The van der Waals surface area contributed by atoms with Gasteiger partial charge in [0.05, 0.1) is 11.5 Å². The molecule has 0 spiro atoms. The number of aliphatic hydroxyl groups excluding tert-OH is 1. The van der Waals surface area contributed by atoms with Crippen LogP contribution in [0.5, 0.6) is 0 Å². The van der Waals surface area contributed by atoms with Crippen LogP contribution in [0.4, 0.5) is 8.78 Å². The van der Waals surface area contributed by atoms with Crippen LogP contribution in [0.1, 0.15) is 32.1 Å². The standard InChI is InChI=1S/C15H20F2O8S/c16-15(17,26(21,22)23)7-25-11(18)6-24-13(20)14-3-8-1-9(4-14)12(19)10(2-8)5-14/h8-10,12,19H,1-7H2,(H,21,22,23). The summed E-state index contributed by atoms with van der Waals surface area (Å²) in [5, 5.41) is 5.55. The molecule has 148 valence electrons. The largest absolute Gasteiger partial charge is 0.455 e. The first kappa shape index (κ1) is 19.4. The number of carbonyl (C=O) groups is 2. The smallest absolute Gasteiger partial charge is 0.402 e. The third-order valence-electron chi connectivity index (χ3n) is 5.76. The molecule has 4 fully saturated rings. The van der Waals surface area contributed by atoms with Gasteiger partial charge in [0.15, 0.2) is 13.2 Å². The molecule has 0 radical (unpaired) electrons. The van der Waals surface area contributed by atoms with E-state index in [1.165, 1.54) is 0 Å². The van der Waals surface area contributed by atoms with Crippen LogP contribution in [0.25, 0.3) is 0 Å². The van der Waals surface area contributed by atoms with Crippen molar-refractivity contribution in [2.75, 3.05) is 13.2 Å². The highest BCUT2D eigenvalue weighted by atomic mass is 32.2. The number of aliphatic hydroxyl groups is 1. The first-order valence-electron chi connectivity index (χ1n) is 8.29. The minimum Gasteiger partial charge on any atom is -0.455 e. The Morgan fingerprint density at radius 3 is 2.23 bits per heavy atom. The Hall–Kier alpha value is -1.33. The molecule has 0 amide bonds. The summed E-state index contributed by atoms with van der Waals surface area (Å²) in [5.74, 6) is -1.60. The number of hydrogen-bond donors (Lipinski definition) is 2. The van der Waals surface area contributed by atoms with E-state index in [1.54, 1.807) is 0 Å². The van der Waals surface area contributed by atoms with Crippen molar-refractivity contribution in [1.29, 1.82) is 0 Å². The van der Waals surface area contributed by atoms with Gasteiger partial charge in [-0.3, -0.25) is 9.35 Å². The SMILES string of the molecule is O=C(COC(=O)C12CC3CC(C1)C(O)C(C3)C2)OCC(F)(F)S(=O)(=O)O. The van der Waals surface area contributed by atoms with Gasteiger partial charge < -0.3 is 14.6 Å². The van der Waals surface area contributed by atoms with Gasteiger partial charge in [-0.2, -0.15) is 17.2 Å². The first-order chi connectivity index (χ1) is 11.9. The Balaban J connectivity index is 1.52. The molecule has 8 nitrogen and oxygen atoms in total. The lowest BCUT2D eigenvalue weighted by atomic mass is 9.48. The molecule has 11 heteroatoms. The number of carbonyl (C=O) groups excluding carboxylic acids is 2. The minimum atomic E-state index is -5.71. The highest BCUT2D eigenvalue weighted by Gasteiger charge is 2.59. The second-order valence-electron chi connectivity index (χ2n) is 7.59. The van der Waals surface area contributed by atoms with Crippen LogP contribution in [-0.4, -0.2) is 54.6 Å². The van der Waals surface area contributed by atoms with E-state index in [0.29, 0.717) is 25.2 Å². The van der Waals surface area contributed by atoms with Gasteiger partial charge in [0.2, 0.25) is 0 Å². The van der Waals surface area contributed by atoms with Gasteiger partial charge in [-0.15, -0.1) is 0 Å². The summed E-state index contributed by atoms with van der Waals surface area (Å²) in [7, 11) is -5.71. The van der Waals surface area contributed by atoms with E-state index in [2.05, 4.69) is 4.74 Å². The van der Waals surface area contributed by atoms with Crippen LogP contribution < -0.4 is 0 Å². The van der Waals surface area contributed by atoms with Crippen molar-refractivity contribution in [1.82, 2.24) is 0 Å². The molecule has 0 aromatic heterocycles. The monoisotopic (exact) mass is 398 g/mol. The van der Waals surface area contributed by atoms with Gasteiger partial charge in [-0.05, 0) is 49.9 Å². The zero-order chi connectivity index (χ0) is 19.3. The second-order valence-corrected chi connectivity index (χ2v) is 9.14. The summed E-state index contributed by atoms with van der Waals surface area (Å²) < 4.78 is 64.1. The molecule has 2 atom stereocenters. The molecule has 0 heterocycles. The van der Waals surface area contributed by atoms with E-state index >= 15 is 0 Å². The molecule has 4 aliphatic rings. The molecule has 0 aliphatic heterocycles. The fraction of sp³-hybridized carbons (Fsp3) is 0.867. The lowest BCUT2D eigenvalue weighted by molar-refractivity contribution is -0.188. The van der Waals surface area contributed by atoms with Crippen molar-refractivity contribution in [2.24, 2.45) is 23.2 Å². The molecule has 4 bridgehead atoms. The van der Waals surface area contributed by atoms with Gasteiger partial charge in [-0.25, -0.2) is 4.79 Å². The zero-order valence-corrected chi connectivity index (χ0v) is 14.6. The van der Waals surface area contributed by atoms with Gasteiger partial charge in [0.1, 0.15) is 0 Å². The average molecular weight is 398 g/mol. The number of halogens is 2. The molecule has 2 unspecified atom stereocenters. The van der Waals surface area contributed by atoms with Crippen molar-refractivity contribution in [3.63, 3.8) is 0 Å². The lowest BCUT2D eigenvalue weighted by Gasteiger charge is -2.57. The Kier molecular flexibility index (Phi) is 4.77. The minimum absolute atomic E-state index is 0.0224. The average Bonchev–Trinajstić information content (AvgIpc) is 2.53. The van der Waals surface area contributed by atoms with E-state index in [9.17, 15) is 31.9 Å². The summed E-state index contributed by atoms with van der Waals surface area (Å²) >= 11 is 0. The number of esters is 2. The van der Waals surface area contributed by atoms with Crippen LogP contribution in [-0.2, 0) is 29.2 Å². The van der Waals surface area contributed by atoms with Crippen molar-refractivity contribution >= 4 is 22.1 Å². The van der Waals surface area contributed by atoms with Gasteiger partial charge in [0, 0.05) is 0 Å². The van der Waals surface area contributed by atoms with E-state index in [0.717, 1.165) is 12.8 Å². The Morgan fingerprint density at radius 2 is 1.69 bits per heavy atom. The number of ether oxygens (including phenoxy) is 2. The highest BCUT2D eigenvalue weighted by molar-refractivity contribution is 7.86. The molecule has 0 saturated heterocycles. The van der Waals surface area contributed by atoms with Crippen LogP contribution >= 0.6 is 0 Å². The molecule has 0 aromatic rings. The summed E-state index contributed by atoms with van der Waals surface area (Å²) in [6, 6.07) is 0. The van der Waals surface area contributed by atoms with Crippen molar-refractivity contribution in [3.8, 4) is 0 Å². The third kappa shape index (κ3) is 3.44. The summed E-state index contributed by atoms with van der Waals surface area (Å²) in [6.45, 7) is -2.80. The van der Waals surface area contributed by atoms with Crippen LogP contribution in [0.2, 0.25) is 0 Å². The molecule has 2 N–H and O–H groups in total. The zero-order valence-electron chi connectivity index (χ0n) is 13.8. The van der Waals surface area contributed by atoms with Crippen LogP contribution in [0.15, 0.2) is 0 Å². The van der Waals surface area contributed by atoms with Gasteiger partial charge in [-0.1, -0.05) is 0 Å². The molecule has 0 aromatic carbocycles. The molecule has 4 saturated carbocycles. The quantitative estimate of drug-likeness (QED) is 0.495. The van der Waals surface area contributed by atoms with E-state index < -0.39 is 52.0 Å². The Labute approximate surface area is 148 Å². The van der Waals surface area contributed by atoms with E-state index in [-0.39, 0.29) is 11.8 Å². The molecular weight excluding hydrogens is 378 g/mol. The maximum absolute atomic E-state index is 13.0. The van der Waals surface area contributed by atoms with Gasteiger partial charge in [0.25, 0.3) is 0 Å². The van der Waals surface area contributed by atoms with Crippen molar-refractivity contribution < 1.29 is 45.9 Å². The Morgan fingerprint density at radius 1 is 1.12 bits per heavy atom. The number of alkyl halides is 2. The summed E-state index contributed by atoms with van der Waals surface area (Å²) in [5.41, 5.74) is -0.769. The lowest BCUT2D eigenvalue weighted by Crippen LogP contribution is -2.56. The van der Waals surface area contributed by atoms with E-state index in [4.69, 9.17) is 9.29 Å². The van der Waals surface area contributed by atoms with Crippen molar-refractivity contribution in [3.05, 3.63) is 0 Å². The fourth-order valence-corrected chi connectivity index (χ4v) is 5.01. The predicted octanol–water partition coefficient (Wildman–Crippen LogP) is 0.741. The molecule has 4 aliphatic carbocycles. The van der Waals surface area contributed by atoms with Crippen LogP contribution in [0, 0.1) is 23.2 Å². The molecular formula is C15H20F2O8S. The van der Waals surface area contributed by atoms with E-state index in [1.807, 2.05) is 0 Å². The maximum atomic E-state index is 13.0. The number of rotatable bonds is 6. The summed E-state index contributed by atoms with van der Waals surface area (Å²) in [6.07, 6.45) is 2.84. The predicted molar refractivity (Wildman–Crippen MR) is 80.4 cm³/mol. The second kappa shape index (κ2) is 6.38. The maximum Gasteiger partial charge on any atom is 0.402 e. The normalized spacial score (nSPS) is 36.0. The highest BCUT2D eigenvalue weighted by Crippen LogP contribution is 2.60. The first-order valence-corrected chi connectivity index (χ1v) is 9.73. The number of hydrogen-bond acceptors (Lipinski definition) is 7. The topological polar surface area (TPSA) is 127 Å². The van der Waals surface area contributed by atoms with Gasteiger partial charge >= 0.3 is 27.3 Å². The summed E-state index contributed by atoms with van der Waals surface area (Å²) in [4.78, 5) is 23.9. The molecule has 26 heavy (non-hydrogen) atoms. The molecule has 4 rings (SSSR count). The Bertz CT molecular complexity index is 690.